The molecule has 0 spiro atoms. The van der Waals surface area contributed by atoms with Gasteiger partial charge in [-0.2, -0.15) is 0 Å². The highest BCUT2D eigenvalue weighted by Crippen LogP contribution is 2.36. The van der Waals surface area contributed by atoms with Gasteiger partial charge in [-0.25, -0.2) is 9.78 Å². The van der Waals surface area contributed by atoms with Gasteiger partial charge in [0.25, 0.3) is 0 Å². The lowest BCUT2D eigenvalue weighted by Crippen LogP contribution is -2.11. The summed E-state index contributed by atoms with van der Waals surface area (Å²) in [6, 6.07) is 0. The Balaban J connectivity index is 2.81. The van der Waals surface area contributed by atoms with Crippen molar-refractivity contribution < 1.29 is 14.6 Å². The molecule has 0 saturated heterocycles. The smallest absolute Gasteiger partial charge is 0.341 e. The molecule has 1 rings (SSSR count). The maximum absolute atomic E-state index is 10.5. The summed E-state index contributed by atoms with van der Waals surface area (Å²) in [4.78, 5) is 14.5. The Morgan fingerprint density at radius 2 is 2.28 bits per heavy atom. The number of hydrogen-bond donors (Lipinski definition) is 2. The second kappa shape index (κ2) is 7.58. The van der Waals surface area contributed by atoms with Crippen molar-refractivity contribution in [2.24, 2.45) is 0 Å². The van der Waals surface area contributed by atoms with Gasteiger partial charge in [-0.15, -0.1) is 0 Å². The van der Waals surface area contributed by atoms with Gasteiger partial charge in [0.05, 0.1) is 10.2 Å². The van der Waals surface area contributed by atoms with Gasteiger partial charge < -0.3 is 15.2 Å². The maximum atomic E-state index is 10.5. The highest BCUT2D eigenvalue weighted by molar-refractivity contribution is 9.11. The van der Waals surface area contributed by atoms with E-state index in [2.05, 4.69) is 49.1 Å². The Labute approximate surface area is 122 Å². The number of unbranched alkanes of at least 4 members (excludes halogenated alkanes) is 1. The van der Waals surface area contributed by atoms with Crippen LogP contribution in [0.1, 0.15) is 19.8 Å². The second-order valence-corrected chi connectivity index (χ2v) is 5.21. The minimum Gasteiger partial charge on any atom is -0.479 e. The van der Waals surface area contributed by atoms with Crippen LogP contribution in [-0.2, 0) is 4.79 Å². The minimum absolute atomic E-state index is 0.264. The van der Waals surface area contributed by atoms with Gasteiger partial charge in [0, 0.05) is 12.7 Å². The zero-order valence-corrected chi connectivity index (χ0v) is 13.0. The Bertz CT molecular complexity index is 427. The summed E-state index contributed by atoms with van der Waals surface area (Å²) in [6.07, 6.45) is 3.72. The first-order valence-corrected chi connectivity index (χ1v) is 7.07. The predicted octanol–water partition coefficient (Wildman–Crippen LogP) is 3.28. The first-order chi connectivity index (χ1) is 8.56. The molecule has 0 fully saturated rings. The molecule has 0 aromatic carbocycles. The normalized spacial score (nSPS) is 10.2. The standard InChI is InChI=1S/C11H14Br2N2O3/c1-2-3-4-14-10-7(12)5-15-11(9(10)13)18-6-8(16)17/h5H,2-4,6H2,1H3,(H,14,15)(H,16,17). The average Bonchev–Trinajstić information content (AvgIpc) is 2.32. The summed E-state index contributed by atoms with van der Waals surface area (Å²) in [7, 11) is 0. The number of ether oxygens (including phenoxy) is 1. The van der Waals surface area contributed by atoms with Gasteiger partial charge in [0.2, 0.25) is 5.88 Å². The Kier molecular flexibility index (Phi) is 6.42. The largest absolute Gasteiger partial charge is 0.479 e. The third kappa shape index (κ3) is 4.45. The molecule has 0 saturated carbocycles. The van der Waals surface area contributed by atoms with Crippen molar-refractivity contribution >= 4 is 43.5 Å². The molecule has 0 aliphatic heterocycles. The highest BCUT2D eigenvalue weighted by Gasteiger charge is 2.13. The zero-order chi connectivity index (χ0) is 13.5. The van der Waals surface area contributed by atoms with Crippen LogP contribution in [-0.4, -0.2) is 29.2 Å². The third-order valence-electron chi connectivity index (χ3n) is 2.11. The van der Waals surface area contributed by atoms with E-state index in [0.717, 1.165) is 29.5 Å². The molecule has 0 radical (unpaired) electrons. The van der Waals surface area contributed by atoms with E-state index in [0.29, 0.717) is 4.47 Å². The van der Waals surface area contributed by atoms with Crippen LogP contribution in [0.15, 0.2) is 15.1 Å². The summed E-state index contributed by atoms with van der Waals surface area (Å²) < 4.78 is 6.50. The number of pyridine rings is 1. The summed E-state index contributed by atoms with van der Waals surface area (Å²) in [5.41, 5.74) is 0.818. The maximum Gasteiger partial charge on any atom is 0.341 e. The van der Waals surface area contributed by atoms with Crippen LogP contribution in [0.3, 0.4) is 0 Å². The molecule has 100 valence electrons. The number of carboxylic acids is 1. The number of nitrogens with one attached hydrogen (secondary N) is 1. The first-order valence-electron chi connectivity index (χ1n) is 5.48. The number of rotatable bonds is 7. The van der Waals surface area contributed by atoms with Gasteiger partial charge in [-0.05, 0) is 38.3 Å². The number of carboxylic acid groups (broad SMARTS) is 1. The van der Waals surface area contributed by atoms with E-state index in [4.69, 9.17) is 9.84 Å². The topological polar surface area (TPSA) is 71.5 Å². The molecule has 0 unspecified atom stereocenters. The fourth-order valence-electron chi connectivity index (χ4n) is 1.23. The van der Waals surface area contributed by atoms with Crippen LogP contribution in [0, 0.1) is 0 Å². The van der Waals surface area contributed by atoms with Crippen molar-refractivity contribution in [3.63, 3.8) is 0 Å². The Morgan fingerprint density at radius 1 is 1.56 bits per heavy atom. The van der Waals surface area contributed by atoms with Gasteiger partial charge in [0.1, 0.15) is 4.47 Å². The number of hydrogen-bond acceptors (Lipinski definition) is 4. The number of halogens is 2. The number of carbonyl (C=O) groups is 1. The molecule has 5 nitrogen and oxygen atoms in total. The number of aromatic nitrogens is 1. The van der Waals surface area contributed by atoms with Crippen LogP contribution >= 0.6 is 31.9 Å². The van der Waals surface area contributed by atoms with Crippen molar-refractivity contribution in [3.8, 4) is 5.88 Å². The van der Waals surface area contributed by atoms with Crippen LogP contribution in [0.2, 0.25) is 0 Å². The van der Waals surface area contributed by atoms with E-state index >= 15 is 0 Å². The molecule has 0 aliphatic carbocycles. The van der Waals surface area contributed by atoms with E-state index in [1.165, 1.54) is 0 Å². The quantitative estimate of drug-likeness (QED) is 0.709. The van der Waals surface area contributed by atoms with Crippen molar-refractivity contribution in [2.75, 3.05) is 18.5 Å². The molecule has 2 N–H and O–H groups in total. The van der Waals surface area contributed by atoms with Crippen LogP contribution in [0.4, 0.5) is 5.69 Å². The fourth-order valence-corrected chi connectivity index (χ4v) is 2.51. The fraction of sp³-hybridized carbons (Fsp3) is 0.455. The molecule has 0 bridgehead atoms. The zero-order valence-electron chi connectivity index (χ0n) is 9.87. The minimum atomic E-state index is -1.04. The van der Waals surface area contributed by atoms with Crippen molar-refractivity contribution in [1.29, 1.82) is 0 Å². The molecule has 1 aromatic heterocycles. The lowest BCUT2D eigenvalue weighted by Gasteiger charge is -2.13. The van der Waals surface area contributed by atoms with Crippen molar-refractivity contribution in [3.05, 3.63) is 15.1 Å². The van der Waals surface area contributed by atoms with E-state index in [1.54, 1.807) is 6.20 Å². The average molecular weight is 382 g/mol. The van der Waals surface area contributed by atoms with Gasteiger partial charge in [0.15, 0.2) is 6.61 Å². The number of anilines is 1. The van der Waals surface area contributed by atoms with Crippen molar-refractivity contribution in [1.82, 2.24) is 4.98 Å². The molecule has 1 aromatic rings. The molecule has 0 amide bonds. The van der Waals surface area contributed by atoms with Crippen LogP contribution < -0.4 is 10.1 Å². The van der Waals surface area contributed by atoms with E-state index in [1.807, 2.05) is 0 Å². The molecule has 0 aliphatic rings. The number of aliphatic carboxylic acids is 1. The molecular formula is C11H14Br2N2O3. The lowest BCUT2D eigenvalue weighted by molar-refractivity contribution is -0.139. The van der Waals surface area contributed by atoms with Gasteiger partial charge in [-0.1, -0.05) is 13.3 Å². The second-order valence-electron chi connectivity index (χ2n) is 3.56. The molecule has 7 heteroatoms. The number of nitrogens with zero attached hydrogens (tertiary/aromatic N) is 1. The van der Waals surface area contributed by atoms with E-state index in [9.17, 15) is 4.79 Å². The van der Waals surface area contributed by atoms with E-state index in [-0.39, 0.29) is 5.88 Å². The Hall–Kier alpha value is -0.820. The summed E-state index contributed by atoms with van der Waals surface area (Å²) >= 11 is 6.75. The monoisotopic (exact) mass is 380 g/mol. The summed E-state index contributed by atoms with van der Waals surface area (Å²) in [5, 5.41) is 11.8. The highest BCUT2D eigenvalue weighted by atomic mass is 79.9. The lowest BCUT2D eigenvalue weighted by atomic mass is 10.3. The van der Waals surface area contributed by atoms with E-state index < -0.39 is 12.6 Å². The van der Waals surface area contributed by atoms with Gasteiger partial charge >= 0.3 is 5.97 Å². The molecule has 18 heavy (non-hydrogen) atoms. The van der Waals surface area contributed by atoms with Gasteiger partial charge in [-0.3, -0.25) is 0 Å². The Morgan fingerprint density at radius 3 is 2.89 bits per heavy atom. The predicted molar refractivity (Wildman–Crippen MR) is 76.2 cm³/mol. The summed E-state index contributed by atoms with van der Waals surface area (Å²) in [5.74, 6) is -0.772. The first kappa shape index (κ1) is 15.2. The van der Waals surface area contributed by atoms with Crippen LogP contribution in [0.25, 0.3) is 0 Å². The van der Waals surface area contributed by atoms with Crippen LogP contribution in [0.5, 0.6) is 5.88 Å². The third-order valence-corrected chi connectivity index (χ3v) is 3.44. The molecular weight excluding hydrogens is 368 g/mol. The molecule has 1 heterocycles. The van der Waals surface area contributed by atoms with Crippen molar-refractivity contribution in [2.45, 2.75) is 19.8 Å². The summed E-state index contributed by atoms with van der Waals surface area (Å²) in [6.45, 7) is 2.53. The molecule has 0 atom stereocenters. The SMILES string of the molecule is CCCCNc1c(Br)cnc(OCC(=O)O)c1Br.